The van der Waals surface area contributed by atoms with E-state index in [0.717, 1.165) is 12.1 Å². The van der Waals surface area contributed by atoms with E-state index in [2.05, 4.69) is 25.5 Å². The van der Waals surface area contributed by atoms with Gasteiger partial charge in [0.15, 0.2) is 17.2 Å². The van der Waals surface area contributed by atoms with Crippen LogP contribution >= 0.6 is 0 Å². The molecular formula is C27H22F3N5O4. The van der Waals surface area contributed by atoms with Gasteiger partial charge in [-0.3, -0.25) is 14.4 Å². The fourth-order valence-electron chi connectivity index (χ4n) is 9.44. The standard InChI is InChI=1S/C27H22F3N5O4/c1-10(36)27-20-17-21(27)19-22(27)18(20)26(17,19)9-32-24(38)14-7-13(34-16-4-5-33-35(14)16)23(37)31-8-11-2-3-12(28)15(6-11)39-25(29)30/h2-7,17-22,25H,8-9H2,1H3,(H,31,37)(H,32,38). The van der Waals surface area contributed by atoms with E-state index in [0.29, 0.717) is 59.0 Å². The number of alkyl halides is 2. The molecule has 0 bridgehead atoms. The van der Waals surface area contributed by atoms with Crippen LogP contribution in [0.15, 0.2) is 36.5 Å². The zero-order valence-electron chi connectivity index (χ0n) is 20.5. The van der Waals surface area contributed by atoms with Crippen LogP contribution in [0.5, 0.6) is 5.75 Å². The third-order valence-electron chi connectivity index (χ3n) is 10.5. The fraction of sp³-hybridized carbons (Fsp3) is 0.444. The predicted molar refractivity (Wildman–Crippen MR) is 126 cm³/mol. The molecule has 6 aliphatic carbocycles. The molecule has 2 aromatic heterocycles. The van der Waals surface area contributed by atoms with E-state index in [9.17, 15) is 27.6 Å². The van der Waals surface area contributed by atoms with Gasteiger partial charge in [-0.15, -0.1) is 0 Å². The molecule has 6 fully saturated rings. The van der Waals surface area contributed by atoms with Gasteiger partial charge in [0, 0.05) is 30.6 Å². The quantitative estimate of drug-likeness (QED) is 0.434. The second kappa shape index (κ2) is 7.16. The Hall–Kier alpha value is -3.96. The zero-order valence-corrected chi connectivity index (χ0v) is 20.5. The Morgan fingerprint density at radius 2 is 1.74 bits per heavy atom. The number of hydrogen-bond donors (Lipinski definition) is 2. The highest BCUT2D eigenvalue weighted by Crippen LogP contribution is 3.10. The molecule has 12 heteroatoms. The molecule has 6 aliphatic rings. The molecule has 6 saturated carbocycles. The van der Waals surface area contributed by atoms with Crippen molar-refractivity contribution in [2.75, 3.05) is 6.54 Å². The second-order valence-electron chi connectivity index (χ2n) is 11.4. The van der Waals surface area contributed by atoms with E-state index >= 15 is 0 Å². The van der Waals surface area contributed by atoms with Crippen molar-refractivity contribution in [3.63, 3.8) is 0 Å². The summed E-state index contributed by atoms with van der Waals surface area (Å²) in [5.74, 6) is 0.967. The minimum absolute atomic E-state index is 0.0221. The van der Waals surface area contributed by atoms with Gasteiger partial charge in [0.25, 0.3) is 11.8 Å². The Kier molecular flexibility index (Phi) is 4.22. The zero-order chi connectivity index (χ0) is 27.0. The molecule has 0 aliphatic heterocycles. The van der Waals surface area contributed by atoms with E-state index in [1.54, 1.807) is 13.0 Å². The lowest BCUT2D eigenvalue weighted by Gasteiger charge is -3.11. The van der Waals surface area contributed by atoms with Crippen LogP contribution in [0.3, 0.4) is 0 Å². The van der Waals surface area contributed by atoms with Gasteiger partial charge in [-0.1, -0.05) is 6.07 Å². The van der Waals surface area contributed by atoms with Crippen LogP contribution in [-0.4, -0.2) is 45.4 Å². The predicted octanol–water partition coefficient (Wildman–Crippen LogP) is 2.46. The summed E-state index contributed by atoms with van der Waals surface area (Å²) in [6, 6.07) is 6.31. The number of hydrogen-bond acceptors (Lipinski definition) is 6. The number of benzene rings is 1. The first-order valence-electron chi connectivity index (χ1n) is 12.9. The molecule has 9 rings (SSSR count). The Bertz CT molecular complexity index is 1580. The van der Waals surface area contributed by atoms with E-state index < -0.39 is 24.1 Å². The lowest BCUT2D eigenvalue weighted by atomic mass is 8.92. The Morgan fingerprint density at radius 1 is 1.03 bits per heavy atom. The van der Waals surface area contributed by atoms with Gasteiger partial charge < -0.3 is 15.4 Å². The van der Waals surface area contributed by atoms with Gasteiger partial charge in [-0.25, -0.2) is 13.9 Å². The lowest BCUT2D eigenvalue weighted by Crippen LogP contribution is -3.11. The third kappa shape index (κ3) is 2.43. The van der Waals surface area contributed by atoms with Crippen molar-refractivity contribution in [1.29, 1.82) is 0 Å². The summed E-state index contributed by atoms with van der Waals surface area (Å²) in [7, 11) is 0. The Balaban J connectivity index is 0.965. The van der Waals surface area contributed by atoms with E-state index in [4.69, 9.17) is 0 Å². The number of ketones is 1. The van der Waals surface area contributed by atoms with Crippen LogP contribution in [0.25, 0.3) is 5.65 Å². The van der Waals surface area contributed by atoms with E-state index in [1.165, 1.54) is 22.8 Å². The molecule has 200 valence electrons. The number of nitrogens with one attached hydrogen (secondary N) is 2. The SMILES string of the molecule is CC(=O)C12C3C4C1C1C2C3C41CNC(=O)c1cc(C(=O)NCc2ccc(F)c(OC(F)F)c2)nc2ccnn12. The maximum atomic E-state index is 13.7. The molecule has 0 spiro atoms. The summed E-state index contributed by atoms with van der Waals surface area (Å²) >= 11 is 0. The molecule has 39 heavy (non-hydrogen) atoms. The number of fused-ring (bicyclic) bond motifs is 1. The first kappa shape index (κ1) is 23.0. The number of carbonyl (C=O) groups is 3. The number of halogens is 3. The first-order valence-corrected chi connectivity index (χ1v) is 12.9. The normalized spacial score (nSPS) is 35.1. The van der Waals surface area contributed by atoms with Crippen LogP contribution in [0.4, 0.5) is 13.2 Å². The minimum atomic E-state index is -3.19. The van der Waals surface area contributed by atoms with E-state index in [-0.39, 0.29) is 34.7 Å². The summed E-state index contributed by atoms with van der Waals surface area (Å²) in [6.07, 6.45) is 1.48. The van der Waals surface area contributed by atoms with Gasteiger partial charge in [-0.2, -0.15) is 13.9 Å². The van der Waals surface area contributed by atoms with Crippen molar-refractivity contribution in [2.45, 2.75) is 20.1 Å². The van der Waals surface area contributed by atoms with Crippen LogP contribution in [0.1, 0.15) is 33.5 Å². The lowest BCUT2D eigenvalue weighted by molar-refractivity contribution is -0.638. The van der Waals surface area contributed by atoms with Gasteiger partial charge in [-0.05, 0) is 65.5 Å². The molecule has 3 aromatic rings. The summed E-state index contributed by atoms with van der Waals surface area (Å²) in [6.45, 7) is -1.02. The molecular weight excluding hydrogens is 515 g/mol. The summed E-state index contributed by atoms with van der Waals surface area (Å²) < 4.78 is 44.2. The highest BCUT2D eigenvalue weighted by molar-refractivity contribution is 5.98. The fourth-order valence-corrected chi connectivity index (χ4v) is 9.44. The summed E-state index contributed by atoms with van der Waals surface area (Å²) in [4.78, 5) is 42.7. The largest absolute Gasteiger partial charge is 0.432 e. The molecule has 2 N–H and O–H groups in total. The molecule has 9 nitrogen and oxygen atoms in total. The summed E-state index contributed by atoms with van der Waals surface area (Å²) in [5, 5.41) is 9.84. The van der Waals surface area contributed by atoms with E-state index in [1.807, 2.05) is 0 Å². The van der Waals surface area contributed by atoms with Crippen molar-refractivity contribution in [1.82, 2.24) is 25.2 Å². The number of amides is 2. The van der Waals surface area contributed by atoms with Crippen LogP contribution < -0.4 is 15.4 Å². The van der Waals surface area contributed by atoms with Crippen LogP contribution in [0.2, 0.25) is 0 Å². The summed E-state index contributed by atoms with van der Waals surface area (Å²) in [5.41, 5.74) is 0.878. The molecule has 2 amide bonds. The van der Waals surface area contributed by atoms with Gasteiger partial charge in [0.2, 0.25) is 0 Å². The third-order valence-corrected chi connectivity index (χ3v) is 10.5. The maximum Gasteiger partial charge on any atom is 0.387 e. The molecule has 0 unspecified atom stereocenters. The minimum Gasteiger partial charge on any atom is -0.432 e. The number of ether oxygens (including phenoxy) is 1. The number of aromatic nitrogens is 3. The highest BCUT2D eigenvalue weighted by Gasteiger charge is 3.10. The van der Waals surface area contributed by atoms with Crippen molar-refractivity contribution in [2.24, 2.45) is 46.3 Å². The topological polar surface area (TPSA) is 115 Å². The van der Waals surface area contributed by atoms with Crippen molar-refractivity contribution in [3.05, 3.63) is 59.3 Å². The van der Waals surface area contributed by atoms with Crippen molar-refractivity contribution >= 4 is 23.2 Å². The monoisotopic (exact) mass is 537 g/mol. The molecule has 2 heterocycles. The average Bonchev–Trinajstić information content (AvgIpc) is 3.40. The first-order chi connectivity index (χ1) is 18.7. The van der Waals surface area contributed by atoms with Crippen LogP contribution in [-0.2, 0) is 11.3 Å². The number of Topliss-reactive ketones (excluding diaryl/α,β-unsaturated/α-hetero) is 1. The van der Waals surface area contributed by atoms with Gasteiger partial charge in [0.1, 0.15) is 17.2 Å². The van der Waals surface area contributed by atoms with Gasteiger partial charge in [0.05, 0.1) is 6.20 Å². The van der Waals surface area contributed by atoms with Crippen molar-refractivity contribution < 1.29 is 32.3 Å². The van der Waals surface area contributed by atoms with Crippen molar-refractivity contribution in [3.8, 4) is 5.75 Å². The molecule has 0 radical (unpaired) electrons. The molecule has 0 saturated heterocycles. The number of nitrogens with zero attached hydrogens (tertiary/aromatic N) is 3. The maximum absolute atomic E-state index is 13.7. The van der Waals surface area contributed by atoms with Crippen LogP contribution in [0, 0.1) is 52.2 Å². The average molecular weight is 537 g/mol. The number of carbonyl (C=O) groups excluding carboxylic acids is 3. The number of rotatable bonds is 9. The van der Waals surface area contributed by atoms with Gasteiger partial charge >= 0.3 is 6.61 Å². The molecule has 1 aromatic carbocycles. The second-order valence-corrected chi connectivity index (χ2v) is 11.4. The Labute approximate surface area is 219 Å². The molecule has 0 atom stereocenters. The highest BCUT2D eigenvalue weighted by atomic mass is 19.3. The smallest absolute Gasteiger partial charge is 0.387 e. The Morgan fingerprint density at radius 3 is 2.41 bits per heavy atom.